The molecular formula is C19H22FN5O3S. The van der Waals surface area contributed by atoms with Crippen LogP contribution in [0.5, 0.6) is 0 Å². The van der Waals surface area contributed by atoms with Crippen LogP contribution in [0.25, 0.3) is 22.3 Å². The van der Waals surface area contributed by atoms with Crippen LogP contribution in [0.2, 0.25) is 0 Å². The normalized spacial score (nSPS) is 23.0. The van der Waals surface area contributed by atoms with Gasteiger partial charge < -0.3 is 9.72 Å². The Hall–Kier alpha value is -2.30. The Kier molecular flexibility index (Phi) is 4.27. The molecule has 1 unspecified atom stereocenters. The average molecular weight is 419 g/mol. The van der Waals surface area contributed by atoms with E-state index in [2.05, 4.69) is 15.1 Å². The maximum Gasteiger partial charge on any atom is 0.258 e. The van der Waals surface area contributed by atoms with E-state index in [0.717, 1.165) is 6.42 Å². The molecule has 2 aliphatic rings. The van der Waals surface area contributed by atoms with E-state index in [1.807, 2.05) is 0 Å². The standard InChI is InChI=1S/C19H22FN5O3S/c1-11-7-14(20)18-13(17(11)19-21-10-24(2)23-19)8-16(22-18)29(26,27)25-5-3-12-9-28-6-4-15(12)25/h7-8,10,12,15,22H,3-6,9H2,1-2H3/t12?,15-/m0/s1. The number of rotatable bonds is 3. The number of sulfonamides is 1. The van der Waals surface area contributed by atoms with E-state index in [9.17, 15) is 12.8 Å². The summed E-state index contributed by atoms with van der Waals surface area (Å²) in [5.41, 5.74) is 1.43. The lowest BCUT2D eigenvalue weighted by Gasteiger charge is -2.30. The predicted molar refractivity (Wildman–Crippen MR) is 104 cm³/mol. The van der Waals surface area contributed by atoms with E-state index in [-0.39, 0.29) is 22.5 Å². The minimum Gasteiger partial charge on any atom is -0.381 e. The Morgan fingerprint density at radius 1 is 1.31 bits per heavy atom. The van der Waals surface area contributed by atoms with Gasteiger partial charge in [-0.05, 0) is 37.5 Å². The third-order valence-corrected chi connectivity index (χ3v) is 7.82. The van der Waals surface area contributed by atoms with Crippen molar-refractivity contribution in [2.24, 2.45) is 13.0 Å². The number of fused-ring (bicyclic) bond motifs is 2. The lowest BCUT2D eigenvalue weighted by molar-refractivity contribution is 0.0364. The quantitative estimate of drug-likeness (QED) is 0.703. The van der Waals surface area contributed by atoms with Crippen LogP contribution in [0.3, 0.4) is 0 Å². The summed E-state index contributed by atoms with van der Waals surface area (Å²) in [6.45, 7) is 3.37. The summed E-state index contributed by atoms with van der Waals surface area (Å²) in [4.78, 5) is 7.09. The van der Waals surface area contributed by atoms with Crippen molar-refractivity contribution in [3.05, 3.63) is 29.8 Å². The molecule has 8 nitrogen and oxygen atoms in total. The smallest absolute Gasteiger partial charge is 0.258 e. The molecule has 0 bridgehead atoms. The van der Waals surface area contributed by atoms with Gasteiger partial charge in [0.25, 0.3) is 10.0 Å². The lowest BCUT2D eigenvalue weighted by atomic mass is 9.98. The van der Waals surface area contributed by atoms with E-state index < -0.39 is 15.8 Å². The van der Waals surface area contributed by atoms with E-state index in [0.29, 0.717) is 48.5 Å². The van der Waals surface area contributed by atoms with Crippen molar-refractivity contribution in [3.63, 3.8) is 0 Å². The van der Waals surface area contributed by atoms with Crippen molar-refractivity contribution in [1.82, 2.24) is 24.1 Å². The number of aryl methyl sites for hydroxylation is 2. The summed E-state index contributed by atoms with van der Waals surface area (Å²) >= 11 is 0. The molecule has 2 aliphatic heterocycles. The SMILES string of the molecule is Cc1cc(F)c2[nH]c(S(=O)(=O)N3CCC4COCC[C@@H]43)cc2c1-c1ncn(C)n1. The van der Waals surface area contributed by atoms with E-state index in [1.165, 1.54) is 12.1 Å². The van der Waals surface area contributed by atoms with E-state index >= 15 is 0 Å². The highest BCUT2D eigenvalue weighted by Crippen LogP contribution is 2.37. The first-order valence-electron chi connectivity index (χ1n) is 9.63. The first kappa shape index (κ1) is 18.7. The Bertz CT molecular complexity index is 1200. The first-order valence-corrected chi connectivity index (χ1v) is 11.1. The van der Waals surface area contributed by atoms with E-state index in [4.69, 9.17) is 4.74 Å². The minimum absolute atomic E-state index is 0.00122. The fourth-order valence-corrected chi connectivity index (χ4v) is 6.31. The molecule has 2 atom stereocenters. The van der Waals surface area contributed by atoms with E-state index in [1.54, 1.807) is 29.3 Å². The van der Waals surface area contributed by atoms with Crippen LogP contribution in [0.15, 0.2) is 23.5 Å². The summed E-state index contributed by atoms with van der Waals surface area (Å²) in [5.74, 6) is 0.155. The molecule has 4 heterocycles. The molecule has 5 rings (SSSR count). The lowest BCUT2D eigenvalue weighted by Crippen LogP contribution is -2.41. The number of H-pyrrole nitrogens is 1. The van der Waals surface area contributed by atoms with Crippen LogP contribution in [-0.2, 0) is 21.8 Å². The summed E-state index contributed by atoms with van der Waals surface area (Å²) in [5, 5.41) is 4.79. The second kappa shape index (κ2) is 6.61. The molecule has 2 aromatic heterocycles. The van der Waals surface area contributed by atoms with Gasteiger partial charge in [-0.3, -0.25) is 4.68 Å². The van der Waals surface area contributed by atoms with Gasteiger partial charge in [-0.1, -0.05) is 0 Å². The second-order valence-corrected chi connectivity index (χ2v) is 9.67. The summed E-state index contributed by atoms with van der Waals surface area (Å²) in [7, 11) is -2.04. The van der Waals surface area contributed by atoms with Gasteiger partial charge in [-0.25, -0.2) is 17.8 Å². The number of nitrogens with zero attached hydrogens (tertiary/aromatic N) is 4. The van der Waals surface area contributed by atoms with Gasteiger partial charge in [0.05, 0.1) is 12.1 Å². The molecule has 2 fully saturated rings. The summed E-state index contributed by atoms with van der Waals surface area (Å²) in [6.07, 6.45) is 3.02. The van der Waals surface area contributed by atoms with Crippen LogP contribution < -0.4 is 0 Å². The molecule has 29 heavy (non-hydrogen) atoms. The molecule has 10 heteroatoms. The Labute approximate surface area is 167 Å². The van der Waals surface area contributed by atoms with Gasteiger partial charge >= 0.3 is 0 Å². The van der Waals surface area contributed by atoms with Gasteiger partial charge in [0.15, 0.2) is 5.82 Å². The molecule has 2 saturated heterocycles. The molecule has 3 aromatic rings. The predicted octanol–water partition coefficient (Wildman–Crippen LogP) is 2.21. The highest BCUT2D eigenvalue weighted by molar-refractivity contribution is 7.89. The van der Waals surface area contributed by atoms with Crippen molar-refractivity contribution < 1.29 is 17.5 Å². The average Bonchev–Trinajstić information content (AvgIpc) is 3.40. The van der Waals surface area contributed by atoms with Crippen LogP contribution in [0.1, 0.15) is 18.4 Å². The number of aromatic nitrogens is 4. The molecule has 0 amide bonds. The van der Waals surface area contributed by atoms with Crippen molar-refractivity contribution in [2.75, 3.05) is 19.8 Å². The molecule has 0 radical (unpaired) electrons. The highest BCUT2D eigenvalue weighted by atomic mass is 32.2. The third-order valence-electron chi connectivity index (χ3n) is 5.97. The molecule has 0 spiro atoms. The van der Waals surface area contributed by atoms with Crippen LogP contribution >= 0.6 is 0 Å². The number of halogens is 1. The van der Waals surface area contributed by atoms with Crippen LogP contribution in [0.4, 0.5) is 4.39 Å². The molecule has 1 N–H and O–H groups in total. The fourth-order valence-electron chi connectivity index (χ4n) is 4.58. The van der Waals surface area contributed by atoms with Crippen molar-refractivity contribution in [3.8, 4) is 11.4 Å². The molecule has 1 aromatic carbocycles. The third kappa shape index (κ3) is 2.89. The fraction of sp³-hybridized carbons (Fsp3) is 0.474. The zero-order chi connectivity index (χ0) is 20.3. The maximum absolute atomic E-state index is 14.7. The van der Waals surface area contributed by atoms with Crippen molar-refractivity contribution in [1.29, 1.82) is 0 Å². The van der Waals surface area contributed by atoms with Crippen molar-refractivity contribution in [2.45, 2.75) is 30.8 Å². The zero-order valence-corrected chi connectivity index (χ0v) is 17.0. The Morgan fingerprint density at radius 3 is 2.90 bits per heavy atom. The zero-order valence-electron chi connectivity index (χ0n) is 16.2. The molecule has 0 aliphatic carbocycles. The summed E-state index contributed by atoms with van der Waals surface area (Å²) in [6, 6.07) is 2.83. The Balaban J connectivity index is 1.64. The van der Waals surface area contributed by atoms with Gasteiger partial charge in [-0.15, -0.1) is 0 Å². The number of ether oxygens (including phenoxy) is 1. The number of aromatic amines is 1. The highest BCUT2D eigenvalue weighted by Gasteiger charge is 2.43. The van der Waals surface area contributed by atoms with Gasteiger partial charge in [0.1, 0.15) is 17.2 Å². The summed E-state index contributed by atoms with van der Waals surface area (Å²) < 4.78 is 50.1. The van der Waals surface area contributed by atoms with Gasteiger partial charge in [-0.2, -0.15) is 9.40 Å². The Morgan fingerprint density at radius 2 is 2.14 bits per heavy atom. The number of nitrogens with one attached hydrogen (secondary N) is 1. The number of hydrogen-bond acceptors (Lipinski definition) is 5. The topological polar surface area (TPSA) is 93.1 Å². The van der Waals surface area contributed by atoms with Gasteiger partial charge in [0, 0.05) is 43.1 Å². The molecule has 154 valence electrons. The van der Waals surface area contributed by atoms with Crippen molar-refractivity contribution >= 4 is 20.9 Å². The molecule has 0 saturated carbocycles. The first-order chi connectivity index (χ1) is 13.9. The second-order valence-electron chi connectivity index (χ2n) is 7.81. The largest absolute Gasteiger partial charge is 0.381 e. The minimum atomic E-state index is -3.78. The number of benzene rings is 1. The van der Waals surface area contributed by atoms with Crippen LogP contribution in [0, 0.1) is 18.7 Å². The monoisotopic (exact) mass is 419 g/mol. The number of hydrogen-bond donors (Lipinski definition) is 1. The maximum atomic E-state index is 14.7. The van der Waals surface area contributed by atoms with Gasteiger partial charge in [0.2, 0.25) is 0 Å². The molecular weight excluding hydrogens is 397 g/mol. The van der Waals surface area contributed by atoms with Crippen LogP contribution in [-0.4, -0.2) is 58.3 Å².